The Hall–Kier alpha value is -3.98. The first-order chi connectivity index (χ1) is 16.2. The second-order valence-corrected chi connectivity index (χ2v) is 7.89. The molecule has 0 saturated heterocycles. The summed E-state index contributed by atoms with van der Waals surface area (Å²) in [7, 11) is 0. The average molecular weight is 467 g/mol. The van der Waals surface area contributed by atoms with Gasteiger partial charge >= 0.3 is 6.18 Å². The van der Waals surface area contributed by atoms with Crippen molar-refractivity contribution in [3.8, 4) is 0 Å². The van der Waals surface area contributed by atoms with Gasteiger partial charge in [-0.2, -0.15) is 13.2 Å². The van der Waals surface area contributed by atoms with Crippen molar-refractivity contribution in [2.24, 2.45) is 0 Å². The molecule has 2 N–H and O–H groups in total. The normalized spacial score (nSPS) is 11.6. The molecule has 1 heterocycles. The smallest absolute Gasteiger partial charge is 0.291 e. The van der Waals surface area contributed by atoms with Crippen LogP contribution in [0.4, 0.5) is 13.2 Å². The summed E-state index contributed by atoms with van der Waals surface area (Å²) in [6, 6.07) is 16.5. The van der Waals surface area contributed by atoms with Gasteiger partial charge in [-0.3, -0.25) is 19.4 Å². The minimum atomic E-state index is -4.45. The van der Waals surface area contributed by atoms with Crippen molar-refractivity contribution in [2.45, 2.75) is 26.1 Å². The van der Waals surface area contributed by atoms with Crippen LogP contribution in [0, 0.1) is 6.92 Å². The Balaban J connectivity index is 1.84. The highest BCUT2D eigenvalue weighted by Crippen LogP contribution is 2.29. The molecule has 0 bridgehead atoms. The van der Waals surface area contributed by atoms with E-state index in [0.29, 0.717) is 17.8 Å². The number of hydrogen-bond donors (Lipinski definition) is 2. The molecule has 9 heteroatoms. The fraction of sp³-hybridized carbons (Fsp3) is 0.160. The number of aromatic nitrogens is 2. The van der Waals surface area contributed by atoms with Gasteiger partial charge in [0, 0.05) is 12.0 Å². The fourth-order valence-electron chi connectivity index (χ4n) is 3.73. The number of amides is 1. The minimum Gasteiger partial charge on any atom is -0.291 e. The lowest BCUT2D eigenvalue weighted by atomic mass is 10.0. The molecule has 1 aromatic heterocycles. The standard InChI is InChI=1S/C25H20F3N3O3/c1-15-4-2-3-5-17(15)13-22-29-21-12-18(23(32)30-34)8-11-20(21)24(33)31(22)14-16-6-9-19(10-7-16)25(26,27)28/h2-12,34H,13-14H2,1H3,(H,30,32). The van der Waals surface area contributed by atoms with Crippen molar-refractivity contribution in [1.82, 2.24) is 15.0 Å². The summed E-state index contributed by atoms with van der Waals surface area (Å²) in [5, 5.41) is 9.16. The molecule has 34 heavy (non-hydrogen) atoms. The van der Waals surface area contributed by atoms with Crippen LogP contribution >= 0.6 is 0 Å². The number of hydroxylamine groups is 1. The first-order valence-corrected chi connectivity index (χ1v) is 10.4. The van der Waals surface area contributed by atoms with E-state index in [1.807, 2.05) is 31.2 Å². The molecular formula is C25H20F3N3O3. The number of hydrogen-bond acceptors (Lipinski definition) is 4. The van der Waals surface area contributed by atoms with E-state index in [9.17, 15) is 22.8 Å². The van der Waals surface area contributed by atoms with Crippen LogP contribution in [0.3, 0.4) is 0 Å². The zero-order chi connectivity index (χ0) is 24.5. The zero-order valence-electron chi connectivity index (χ0n) is 18.1. The molecular weight excluding hydrogens is 447 g/mol. The van der Waals surface area contributed by atoms with Crippen LogP contribution in [0.5, 0.6) is 0 Å². The molecule has 0 fully saturated rings. The van der Waals surface area contributed by atoms with Gasteiger partial charge in [-0.25, -0.2) is 10.5 Å². The molecule has 6 nitrogen and oxygen atoms in total. The van der Waals surface area contributed by atoms with Gasteiger partial charge in [0.05, 0.1) is 23.0 Å². The van der Waals surface area contributed by atoms with Gasteiger partial charge in [0.1, 0.15) is 5.82 Å². The summed E-state index contributed by atoms with van der Waals surface area (Å²) in [5.74, 6) is -0.341. The van der Waals surface area contributed by atoms with Gasteiger partial charge in [0.25, 0.3) is 11.5 Å². The molecule has 0 saturated carbocycles. The van der Waals surface area contributed by atoms with E-state index in [2.05, 4.69) is 4.98 Å². The molecule has 1 amide bonds. The van der Waals surface area contributed by atoms with Crippen LogP contribution in [0.2, 0.25) is 0 Å². The minimum absolute atomic E-state index is 0.0278. The third-order valence-electron chi connectivity index (χ3n) is 5.63. The van der Waals surface area contributed by atoms with E-state index in [4.69, 9.17) is 5.21 Å². The predicted molar refractivity (Wildman–Crippen MR) is 120 cm³/mol. The monoisotopic (exact) mass is 467 g/mol. The number of carbonyl (C=O) groups excluding carboxylic acids is 1. The van der Waals surface area contributed by atoms with Gasteiger partial charge in [-0.1, -0.05) is 36.4 Å². The average Bonchev–Trinajstić information content (AvgIpc) is 2.82. The first-order valence-electron chi connectivity index (χ1n) is 10.4. The van der Waals surface area contributed by atoms with Crippen molar-refractivity contribution in [1.29, 1.82) is 0 Å². The van der Waals surface area contributed by atoms with Crippen molar-refractivity contribution in [3.05, 3.63) is 111 Å². The maximum absolute atomic E-state index is 13.4. The number of rotatable bonds is 5. The van der Waals surface area contributed by atoms with E-state index in [0.717, 1.165) is 23.3 Å². The molecule has 0 radical (unpaired) electrons. The summed E-state index contributed by atoms with van der Waals surface area (Å²) in [6.07, 6.45) is -4.15. The maximum atomic E-state index is 13.4. The van der Waals surface area contributed by atoms with E-state index in [1.165, 1.54) is 34.9 Å². The number of aryl methyl sites for hydroxylation is 1. The van der Waals surface area contributed by atoms with Gasteiger partial charge in [0.2, 0.25) is 0 Å². The van der Waals surface area contributed by atoms with Crippen LogP contribution in [-0.4, -0.2) is 20.7 Å². The molecule has 3 aromatic carbocycles. The summed E-state index contributed by atoms with van der Waals surface area (Å²) in [6.45, 7) is 1.96. The van der Waals surface area contributed by atoms with Crippen molar-refractivity contribution < 1.29 is 23.2 Å². The van der Waals surface area contributed by atoms with E-state index >= 15 is 0 Å². The van der Waals surface area contributed by atoms with Crippen LogP contribution in [-0.2, 0) is 19.1 Å². The number of benzene rings is 3. The Labute approximate surface area is 192 Å². The molecule has 0 aliphatic heterocycles. The Bertz CT molecular complexity index is 1430. The predicted octanol–water partition coefficient (Wildman–Crippen LogP) is 4.48. The highest BCUT2D eigenvalue weighted by Gasteiger charge is 2.30. The summed E-state index contributed by atoms with van der Waals surface area (Å²) in [5.41, 5.74) is 3.24. The molecule has 0 unspecified atom stereocenters. The van der Waals surface area contributed by atoms with E-state index < -0.39 is 17.6 Å². The molecule has 0 spiro atoms. The van der Waals surface area contributed by atoms with E-state index in [-0.39, 0.29) is 28.6 Å². The van der Waals surface area contributed by atoms with Gasteiger partial charge in [0.15, 0.2) is 0 Å². The molecule has 4 aromatic rings. The van der Waals surface area contributed by atoms with Gasteiger partial charge in [-0.05, 0) is 53.9 Å². The van der Waals surface area contributed by atoms with Crippen molar-refractivity contribution in [2.75, 3.05) is 0 Å². The summed E-state index contributed by atoms with van der Waals surface area (Å²) < 4.78 is 40.2. The number of nitrogens with zero attached hydrogens (tertiary/aromatic N) is 2. The third-order valence-corrected chi connectivity index (χ3v) is 5.63. The summed E-state index contributed by atoms with van der Waals surface area (Å²) >= 11 is 0. The first kappa shape index (κ1) is 23.2. The Morgan fingerprint density at radius 2 is 1.76 bits per heavy atom. The highest BCUT2D eigenvalue weighted by atomic mass is 19.4. The lowest BCUT2D eigenvalue weighted by Crippen LogP contribution is -2.27. The molecule has 4 rings (SSSR count). The maximum Gasteiger partial charge on any atom is 0.416 e. The number of carbonyl (C=O) groups is 1. The molecule has 0 atom stereocenters. The van der Waals surface area contributed by atoms with Gasteiger partial charge in [-0.15, -0.1) is 0 Å². The fourth-order valence-corrected chi connectivity index (χ4v) is 3.73. The SMILES string of the molecule is Cc1ccccc1Cc1nc2cc(C(=O)NO)ccc2c(=O)n1Cc1ccc(C(F)(F)F)cc1. The molecule has 0 aliphatic rings. The van der Waals surface area contributed by atoms with Crippen LogP contribution < -0.4 is 11.0 Å². The quantitative estimate of drug-likeness (QED) is 0.335. The van der Waals surface area contributed by atoms with Crippen molar-refractivity contribution in [3.63, 3.8) is 0 Å². The Morgan fingerprint density at radius 1 is 1.06 bits per heavy atom. The van der Waals surface area contributed by atoms with E-state index in [1.54, 1.807) is 5.48 Å². The second kappa shape index (κ2) is 9.11. The summed E-state index contributed by atoms with van der Waals surface area (Å²) in [4.78, 5) is 29.8. The third kappa shape index (κ3) is 4.69. The highest BCUT2D eigenvalue weighted by molar-refractivity contribution is 5.97. The topological polar surface area (TPSA) is 84.2 Å². The van der Waals surface area contributed by atoms with Crippen molar-refractivity contribution >= 4 is 16.8 Å². The molecule has 0 aliphatic carbocycles. The molecule has 174 valence electrons. The van der Waals surface area contributed by atoms with Gasteiger partial charge < -0.3 is 0 Å². The lowest BCUT2D eigenvalue weighted by molar-refractivity contribution is -0.137. The zero-order valence-corrected chi connectivity index (χ0v) is 18.1. The van der Waals surface area contributed by atoms with Crippen LogP contribution in [0.15, 0.2) is 71.5 Å². The number of fused-ring (bicyclic) bond motifs is 1. The second-order valence-electron chi connectivity index (χ2n) is 7.89. The number of halogens is 3. The largest absolute Gasteiger partial charge is 0.416 e. The Kier molecular flexibility index (Phi) is 6.21. The lowest BCUT2D eigenvalue weighted by Gasteiger charge is -2.16. The van der Waals surface area contributed by atoms with Crippen LogP contribution in [0.1, 0.15) is 38.4 Å². The number of alkyl halides is 3. The number of nitrogens with one attached hydrogen (secondary N) is 1. The Morgan fingerprint density at radius 3 is 2.41 bits per heavy atom. The van der Waals surface area contributed by atoms with Crippen LogP contribution in [0.25, 0.3) is 10.9 Å².